The van der Waals surface area contributed by atoms with Gasteiger partial charge in [0.15, 0.2) is 0 Å². The molecule has 5 heteroatoms. The van der Waals surface area contributed by atoms with Crippen molar-refractivity contribution in [3.63, 3.8) is 0 Å². The van der Waals surface area contributed by atoms with Crippen molar-refractivity contribution in [2.24, 2.45) is 5.92 Å². The molecular weight excluding hydrogens is 218 g/mol. The molecule has 2 N–H and O–H groups in total. The molecule has 0 aliphatic carbocycles. The minimum absolute atomic E-state index is 0.352. The predicted octanol–water partition coefficient (Wildman–Crippen LogP) is 1.11. The van der Waals surface area contributed by atoms with E-state index in [1.807, 2.05) is 0 Å². The molecule has 1 atom stereocenters. The van der Waals surface area contributed by atoms with Crippen LogP contribution in [0.25, 0.3) is 0 Å². The Hall–Kier alpha value is -0.810. The first-order valence-electron chi connectivity index (χ1n) is 6.70. The number of nitrogens with zero attached hydrogens (tertiary/aromatic N) is 1. The molecule has 0 aromatic heterocycles. The molecule has 0 aromatic carbocycles. The van der Waals surface area contributed by atoms with Crippen LogP contribution in [0.5, 0.6) is 0 Å². The monoisotopic (exact) mass is 241 g/mol. The van der Waals surface area contributed by atoms with Crippen LogP contribution >= 0.6 is 0 Å². The van der Waals surface area contributed by atoms with E-state index in [0.29, 0.717) is 18.6 Å². The van der Waals surface area contributed by atoms with Gasteiger partial charge in [-0.25, -0.2) is 10.2 Å². The molecule has 3 fully saturated rings. The maximum Gasteiger partial charge on any atom is 0.421 e. The average molecular weight is 241 g/mol. The number of rotatable bonds is 5. The van der Waals surface area contributed by atoms with Crippen LogP contribution in [0.2, 0.25) is 0 Å². The molecule has 1 amide bonds. The van der Waals surface area contributed by atoms with E-state index in [9.17, 15) is 4.79 Å². The van der Waals surface area contributed by atoms with E-state index < -0.39 is 0 Å². The number of piperidine rings is 3. The van der Waals surface area contributed by atoms with Crippen molar-refractivity contribution in [2.45, 2.75) is 38.6 Å². The standard InChI is InChI=1S/C12H23N3O2/c1-2-3-8-17-12(16)14-13-11-9-15-6-4-10(11)5-7-15/h10-11,13H,2-9H2,1H3,(H,14,16). The van der Waals surface area contributed by atoms with Crippen LogP contribution in [-0.2, 0) is 4.74 Å². The number of amides is 1. The molecule has 3 aliphatic rings. The van der Waals surface area contributed by atoms with Crippen LogP contribution < -0.4 is 10.9 Å². The Balaban J connectivity index is 1.63. The summed E-state index contributed by atoms with van der Waals surface area (Å²) < 4.78 is 5.03. The van der Waals surface area contributed by atoms with Crippen molar-refractivity contribution < 1.29 is 9.53 Å². The molecule has 3 heterocycles. The van der Waals surface area contributed by atoms with Crippen LogP contribution in [0.3, 0.4) is 0 Å². The van der Waals surface area contributed by atoms with Gasteiger partial charge in [-0.2, -0.15) is 0 Å². The van der Waals surface area contributed by atoms with Gasteiger partial charge in [-0.3, -0.25) is 5.43 Å². The van der Waals surface area contributed by atoms with E-state index in [1.54, 1.807) is 0 Å². The molecule has 0 spiro atoms. The number of hydrogen-bond donors (Lipinski definition) is 2. The Labute approximate surface area is 103 Å². The largest absolute Gasteiger partial charge is 0.449 e. The molecule has 0 saturated carbocycles. The number of carbonyl (C=O) groups excluding carboxylic acids is 1. The lowest BCUT2D eigenvalue weighted by molar-refractivity contribution is 0.0625. The van der Waals surface area contributed by atoms with Gasteiger partial charge in [0, 0.05) is 12.6 Å². The van der Waals surface area contributed by atoms with E-state index in [0.717, 1.165) is 19.4 Å². The highest BCUT2D eigenvalue weighted by atomic mass is 16.6. The van der Waals surface area contributed by atoms with Crippen molar-refractivity contribution in [3.8, 4) is 0 Å². The highest BCUT2D eigenvalue weighted by molar-refractivity contribution is 5.66. The predicted molar refractivity (Wildman–Crippen MR) is 65.5 cm³/mol. The summed E-state index contributed by atoms with van der Waals surface area (Å²) in [5.74, 6) is 0.705. The molecule has 0 radical (unpaired) electrons. The third-order valence-corrected chi connectivity index (χ3v) is 3.75. The second-order valence-electron chi connectivity index (χ2n) is 5.00. The number of nitrogens with one attached hydrogen (secondary N) is 2. The van der Waals surface area contributed by atoms with Crippen molar-refractivity contribution >= 4 is 6.09 Å². The first kappa shape index (κ1) is 12.6. The number of carbonyl (C=O) groups is 1. The van der Waals surface area contributed by atoms with Crippen molar-refractivity contribution in [1.82, 2.24) is 15.8 Å². The SMILES string of the molecule is CCCCOC(=O)NNC1CN2CCC1CC2. The van der Waals surface area contributed by atoms with Crippen LogP contribution in [-0.4, -0.2) is 43.3 Å². The number of ether oxygens (including phenoxy) is 1. The molecule has 3 rings (SSSR count). The zero-order chi connectivity index (χ0) is 12.1. The minimum Gasteiger partial charge on any atom is -0.449 e. The molecule has 2 bridgehead atoms. The van der Waals surface area contributed by atoms with E-state index >= 15 is 0 Å². The third-order valence-electron chi connectivity index (χ3n) is 3.75. The Bertz CT molecular complexity index is 252. The van der Waals surface area contributed by atoms with Crippen LogP contribution in [0.1, 0.15) is 32.6 Å². The Morgan fingerprint density at radius 3 is 2.76 bits per heavy atom. The van der Waals surface area contributed by atoms with Gasteiger partial charge >= 0.3 is 6.09 Å². The van der Waals surface area contributed by atoms with Gasteiger partial charge in [-0.1, -0.05) is 13.3 Å². The van der Waals surface area contributed by atoms with Crippen molar-refractivity contribution in [3.05, 3.63) is 0 Å². The lowest BCUT2D eigenvalue weighted by atomic mass is 9.84. The third kappa shape index (κ3) is 3.57. The molecule has 0 aromatic rings. The summed E-state index contributed by atoms with van der Waals surface area (Å²) in [7, 11) is 0. The maximum absolute atomic E-state index is 11.4. The van der Waals surface area contributed by atoms with Gasteiger partial charge in [0.2, 0.25) is 0 Å². The van der Waals surface area contributed by atoms with Crippen molar-refractivity contribution in [2.75, 3.05) is 26.2 Å². The highest BCUT2D eigenvalue weighted by Gasteiger charge is 2.34. The fraction of sp³-hybridized carbons (Fsp3) is 0.917. The number of hydrazine groups is 1. The fourth-order valence-corrected chi connectivity index (χ4v) is 2.63. The molecular formula is C12H23N3O2. The second-order valence-corrected chi connectivity index (χ2v) is 5.00. The summed E-state index contributed by atoms with van der Waals surface area (Å²) in [6, 6.07) is 0.385. The van der Waals surface area contributed by atoms with Gasteiger partial charge in [0.05, 0.1) is 6.61 Å². The Morgan fingerprint density at radius 2 is 2.18 bits per heavy atom. The lowest BCUT2D eigenvalue weighted by Gasteiger charge is -2.44. The summed E-state index contributed by atoms with van der Waals surface area (Å²) >= 11 is 0. The Morgan fingerprint density at radius 1 is 1.41 bits per heavy atom. The summed E-state index contributed by atoms with van der Waals surface area (Å²) in [6.45, 7) is 6.05. The Kier molecular flexibility index (Phi) is 4.62. The van der Waals surface area contributed by atoms with Crippen LogP contribution in [0.4, 0.5) is 4.79 Å². The topological polar surface area (TPSA) is 53.6 Å². The summed E-state index contributed by atoms with van der Waals surface area (Å²) in [4.78, 5) is 13.8. The van der Waals surface area contributed by atoms with Gasteiger partial charge < -0.3 is 9.64 Å². The minimum atomic E-state index is -0.352. The highest BCUT2D eigenvalue weighted by Crippen LogP contribution is 2.26. The lowest BCUT2D eigenvalue weighted by Crippen LogP contribution is -2.59. The molecule has 17 heavy (non-hydrogen) atoms. The summed E-state index contributed by atoms with van der Waals surface area (Å²) in [6.07, 6.45) is 4.09. The number of fused-ring (bicyclic) bond motifs is 3. The molecule has 5 nitrogen and oxygen atoms in total. The molecule has 1 unspecified atom stereocenters. The zero-order valence-corrected chi connectivity index (χ0v) is 10.6. The second kappa shape index (κ2) is 6.21. The van der Waals surface area contributed by atoms with Crippen LogP contribution in [0, 0.1) is 5.92 Å². The molecule has 98 valence electrons. The van der Waals surface area contributed by atoms with E-state index in [-0.39, 0.29) is 6.09 Å². The van der Waals surface area contributed by atoms with E-state index in [2.05, 4.69) is 22.7 Å². The smallest absolute Gasteiger partial charge is 0.421 e. The quantitative estimate of drug-likeness (QED) is 0.559. The van der Waals surface area contributed by atoms with Gasteiger partial charge in [-0.15, -0.1) is 0 Å². The maximum atomic E-state index is 11.4. The first-order chi connectivity index (χ1) is 8.29. The molecule has 3 aliphatic heterocycles. The zero-order valence-electron chi connectivity index (χ0n) is 10.6. The van der Waals surface area contributed by atoms with Crippen molar-refractivity contribution in [1.29, 1.82) is 0 Å². The summed E-state index contributed by atoms with van der Waals surface area (Å²) in [5.41, 5.74) is 5.77. The molecule has 3 saturated heterocycles. The van der Waals surface area contributed by atoms with Gasteiger partial charge in [0.25, 0.3) is 0 Å². The van der Waals surface area contributed by atoms with E-state index in [4.69, 9.17) is 4.74 Å². The first-order valence-corrected chi connectivity index (χ1v) is 6.70. The normalized spacial score (nSPS) is 31.2. The number of unbranched alkanes of at least 4 members (excludes halogenated alkanes) is 1. The number of hydrogen-bond acceptors (Lipinski definition) is 4. The van der Waals surface area contributed by atoms with Crippen LogP contribution in [0.15, 0.2) is 0 Å². The van der Waals surface area contributed by atoms with Gasteiger partial charge in [-0.05, 0) is 38.3 Å². The average Bonchev–Trinajstić information content (AvgIpc) is 2.38. The summed E-state index contributed by atoms with van der Waals surface area (Å²) in [5, 5.41) is 0. The fourth-order valence-electron chi connectivity index (χ4n) is 2.63. The van der Waals surface area contributed by atoms with Gasteiger partial charge in [0.1, 0.15) is 0 Å². The van der Waals surface area contributed by atoms with E-state index in [1.165, 1.54) is 25.9 Å².